The van der Waals surface area contributed by atoms with Crippen LogP contribution in [-0.2, 0) is 4.79 Å². The predicted octanol–water partition coefficient (Wildman–Crippen LogP) is 2.76. The van der Waals surface area contributed by atoms with Crippen LogP contribution in [0.4, 0.5) is 18.9 Å². The molecule has 4 nitrogen and oxygen atoms in total. The molecule has 116 valence electrons. The molecule has 1 fully saturated rings. The molecule has 0 aromatic heterocycles. The first-order valence-electron chi connectivity index (χ1n) is 6.79. The molecule has 2 N–H and O–H groups in total. The summed E-state index contributed by atoms with van der Waals surface area (Å²) in [6.07, 6.45) is 2.24. The lowest BCUT2D eigenvalue weighted by Crippen LogP contribution is -2.30. The van der Waals surface area contributed by atoms with Crippen molar-refractivity contribution in [2.24, 2.45) is 5.92 Å². The maximum atomic E-state index is 13.5. The summed E-state index contributed by atoms with van der Waals surface area (Å²) < 4.78 is 41.5. The number of carbonyl (C=O) groups excluding carboxylic acids is 1. The Morgan fingerprint density at radius 1 is 1.38 bits per heavy atom. The van der Waals surface area contributed by atoms with E-state index in [4.69, 9.17) is 0 Å². The average Bonchev–Trinajstić information content (AvgIpc) is 2.42. The van der Waals surface area contributed by atoms with Crippen molar-refractivity contribution in [1.29, 1.82) is 0 Å². The number of piperidine rings is 1. The van der Waals surface area contributed by atoms with Gasteiger partial charge in [0.15, 0.2) is 11.6 Å². The second-order valence-corrected chi connectivity index (χ2v) is 4.97. The molecule has 1 aliphatic heterocycles. The molecule has 0 bridgehead atoms. The van der Waals surface area contributed by atoms with Crippen molar-refractivity contribution in [3.05, 3.63) is 24.0 Å². The second kappa shape index (κ2) is 7.31. The van der Waals surface area contributed by atoms with Crippen LogP contribution in [0.5, 0.6) is 5.75 Å². The number of anilines is 1. The minimum absolute atomic E-state index is 0.205. The molecule has 0 unspecified atom stereocenters. The molecule has 0 spiro atoms. The Kier molecular flexibility index (Phi) is 5.44. The van der Waals surface area contributed by atoms with Crippen LogP contribution in [-0.4, -0.2) is 25.6 Å². The Morgan fingerprint density at radius 3 is 2.71 bits per heavy atom. The minimum atomic E-state index is -3.08. The summed E-state index contributed by atoms with van der Waals surface area (Å²) in [5, 5.41) is 5.78. The first-order valence-corrected chi connectivity index (χ1v) is 6.79. The van der Waals surface area contributed by atoms with Crippen LogP contribution < -0.4 is 15.4 Å². The number of alkyl halides is 2. The van der Waals surface area contributed by atoms with Crippen LogP contribution in [0.2, 0.25) is 0 Å². The number of nitrogens with one attached hydrogen (secondary N) is 2. The molecule has 0 saturated carbocycles. The zero-order valence-electron chi connectivity index (χ0n) is 11.4. The van der Waals surface area contributed by atoms with Crippen LogP contribution in [0.3, 0.4) is 0 Å². The van der Waals surface area contributed by atoms with E-state index in [1.165, 1.54) is 6.07 Å². The van der Waals surface area contributed by atoms with Gasteiger partial charge in [-0.05, 0) is 44.0 Å². The number of halogens is 3. The van der Waals surface area contributed by atoms with E-state index in [-0.39, 0.29) is 11.6 Å². The highest BCUT2D eigenvalue weighted by Gasteiger charge is 2.17. The summed E-state index contributed by atoms with van der Waals surface area (Å²) in [6.45, 7) is -1.29. The predicted molar refractivity (Wildman–Crippen MR) is 71.9 cm³/mol. The average molecular weight is 302 g/mol. The van der Waals surface area contributed by atoms with Gasteiger partial charge in [-0.25, -0.2) is 4.39 Å². The number of rotatable bonds is 5. The van der Waals surface area contributed by atoms with E-state index in [1.54, 1.807) is 0 Å². The third-order valence-corrected chi connectivity index (χ3v) is 3.36. The Morgan fingerprint density at radius 2 is 2.10 bits per heavy atom. The molecule has 0 radical (unpaired) electrons. The van der Waals surface area contributed by atoms with Crippen LogP contribution in [0.15, 0.2) is 18.2 Å². The fourth-order valence-electron chi connectivity index (χ4n) is 2.33. The van der Waals surface area contributed by atoms with Gasteiger partial charge in [0.1, 0.15) is 0 Å². The highest BCUT2D eigenvalue weighted by molar-refractivity contribution is 5.90. The van der Waals surface area contributed by atoms with Gasteiger partial charge in [-0.1, -0.05) is 0 Å². The SMILES string of the molecule is O=C(CC1CCNCC1)Nc1ccc(OC(F)F)c(F)c1. The third-order valence-electron chi connectivity index (χ3n) is 3.36. The van der Waals surface area contributed by atoms with Crippen molar-refractivity contribution >= 4 is 11.6 Å². The summed E-state index contributed by atoms with van der Waals surface area (Å²) in [7, 11) is 0. The fraction of sp³-hybridized carbons (Fsp3) is 0.500. The molecule has 1 aromatic carbocycles. The first kappa shape index (κ1) is 15.6. The molecule has 2 rings (SSSR count). The van der Waals surface area contributed by atoms with Gasteiger partial charge in [-0.15, -0.1) is 0 Å². The molecule has 1 amide bonds. The lowest BCUT2D eigenvalue weighted by atomic mass is 9.94. The first-order chi connectivity index (χ1) is 10.0. The number of carbonyl (C=O) groups is 1. The van der Waals surface area contributed by atoms with E-state index in [1.807, 2.05) is 0 Å². The molecule has 1 aliphatic rings. The molecule has 0 atom stereocenters. The molecule has 0 aliphatic carbocycles. The van der Waals surface area contributed by atoms with Crippen LogP contribution in [0.25, 0.3) is 0 Å². The number of benzene rings is 1. The molecule has 7 heteroatoms. The fourth-order valence-corrected chi connectivity index (χ4v) is 2.33. The maximum absolute atomic E-state index is 13.5. The zero-order chi connectivity index (χ0) is 15.2. The second-order valence-electron chi connectivity index (χ2n) is 4.97. The van der Waals surface area contributed by atoms with Gasteiger partial charge in [0.05, 0.1) is 0 Å². The van der Waals surface area contributed by atoms with E-state index in [2.05, 4.69) is 15.4 Å². The lowest BCUT2D eigenvalue weighted by Gasteiger charge is -2.21. The number of ether oxygens (including phenoxy) is 1. The molecular formula is C14H17F3N2O2. The summed E-state index contributed by atoms with van der Waals surface area (Å²) >= 11 is 0. The molecule has 1 saturated heterocycles. The standard InChI is InChI=1S/C14H17F3N2O2/c15-11-8-10(1-2-12(11)21-14(16)17)19-13(20)7-9-3-5-18-6-4-9/h1-2,8-9,14,18H,3-7H2,(H,19,20). The van der Waals surface area contributed by atoms with E-state index in [9.17, 15) is 18.0 Å². The molecule has 21 heavy (non-hydrogen) atoms. The van der Waals surface area contributed by atoms with Gasteiger partial charge >= 0.3 is 6.61 Å². The Labute approximate surface area is 120 Å². The van der Waals surface area contributed by atoms with E-state index < -0.39 is 18.2 Å². The zero-order valence-corrected chi connectivity index (χ0v) is 11.4. The van der Waals surface area contributed by atoms with Gasteiger partial charge in [0.25, 0.3) is 0 Å². The van der Waals surface area contributed by atoms with E-state index >= 15 is 0 Å². The monoisotopic (exact) mass is 302 g/mol. The normalized spacial score (nSPS) is 16.0. The smallest absolute Gasteiger partial charge is 0.387 e. The summed E-state index contributed by atoms with van der Waals surface area (Å²) in [5.74, 6) is -1.36. The highest BCUT2D eigenvalue weighted by atomic mass is 19.3. The van der Waals surface area contributed by atoms with Gasteiger partial charge in [0, 0.05) is 18.2 Å². The van der Waals surface area contributed by atoms with Crippen molar-refractivity contribution in [2.45, 2.75) is 25.9 Å². The van der Waals surface area contributed by atoms with Crippen molar-refractivity contribution in [2.75, 3.05) is 18.4 Å². The van der Waals surface area contributed by atoms with Gasteiger partial charge in [-0.2, -0.15) is 8.78 Å². The summed E-state index contributed by atoms with van der Waals surface area (Å²) in [4.78, 5) is 11.8. The Hall–Kier alpha value is -1.76. The summed E-state index contributed by atoms with van der Waals surface area (Å²) in [6, 6.07) is 3.38. The highest BCUT2D eigenvalue weighted by Crippen LogP contribution is 2.23. The van der Waals surface area contributed by atoms with Crippen molar-refractivity contribution < 1.29 is 22.7 Å². The number of hydrogen-bond acceptors (Lipinski definition) is 3. The van der Waals surface area contributed by atoms with Crippen LogP contribution in [0.1, 0.15) is 19.3 Å². The van der Waals surface area contributed by atoms with Crippen molar-refractivity contribution in [3.63, 3.8) is 0 Å². The van der Waals surface area contributed by atoms with Crippen LogP contribution in [0, 0.1) is 11.7 Å². The van der Waals surface area contributed by atoms with E-state index in [0.717, 1.165) is 38.1 Å². The lowest BCUT2D eigenvalue weighted by molar-refractivity contribution is -0.117. The molecule has 1 aromatic rings. The quantitative estimate of drug-likeness (QED) is 0.879. The largest absolute Gasteiger partial charge is 0.432 e. The third kappa shape index (κ3) is 4.93. The Balaban J connectivity index is 1.89. The van der Waals surface area contributed by atoms with Crippen molar-refractivity contribution in [1.82, 2.24) is 5.32 Å². The Bertz CT molecular complexity index is 491. The number of amides is 1. The van der Waals surface area contributed by atoms with Crippen molar-refractivity contribution in [3.8, 4) is 5.75 Å². The minimum Gasteiger partial charge on any atom is -0.432 e. The molecule has 1 heterocycles. The van der Waals surface area contributed by atoms with Gasteiger partial charge in [-0.3, -0.25) is 4.79 Å². The van der Waals surface area contributed by atoms with Gasteiger partial charge in [0.2, 0.25) is 5.91 Å². The van der Waals surface area contributed by atoms with Crippen LogP contribution >= 0.6 is 0 Å². The summed E-state index contributed by atoms with van der Waals surface area (Å²) in [5.41, 5.74) is 0.230. The maximum Gasteiger partial charge on any atom is 0.387 e. The van der Waals surface area contributed by atoms with E-state index in [0.29, 0.717) is 12.3 Å². The van der Waals surface area contributed by atoms with Gasteiger partial charge < -0.3 is 15.4 Å². The number of hydrogen-bond donors (Lipinski definition) is 2. The molecular weight excluding hydrogens is 285 g/mol. The topological polar surface area (TPSA) is 50.4 Å².